The molecule has 39 heavy (non-hydrogen) atoms. The summed E-state index contributed by atoms with van der Waals surface area (Å²) in [6, 6.07) is 22.9. The number of likely N-dealkylation sites (tertiary alicyclic amines) is 1. The summed E-state index contributed by atoms with van der Waals surface area (Å²) in [5.41, 5.74) is 6.23. The number of nitrogens with one attached hydrogen (secondary N) is 1. The molecule has 0 radical (unpaired) electrons. The van der Waals surface area contributed by atoms with Gasteiger partial charge in [0.05, 0.1) is 10.8 Å². The van der Waals surface area contributed by atoms with Crippen LogP contribution in [0.1, 0.15) is 81.0 Å². The summed E-state index contributed by atoms with van der Waals surface area (Å²) in [4.78, 5) is 16.6. The first kappa shape index (κ1) is 27.8. The Hall–Kier alpha value is -2.76. The molecule has 0 aromatic heterocycles. The lowest BCUT2D eigenvalue weighted by Crippen LogP contribution is -2.32. The van der Waals surface area contributed by atoms with Crippen LogP contribution in [0, 0.1) is 12.8 Å². The van der Waals surface area contributed by atoms with E-state index in [0.29, 0.717) is 5.92 Å². The number of hydrogen-bond acceptors (Lipinski definition) is 3. The van der Waals surface area contributed by atoms with Gasteiger partial charge in [0.25, 0.3) is 0 Å². The number of hydrogen-bond donors (Lipinski definition) is 1. The number of piperidine rings is 1. The number of carbonyl (C=O) groups excluding carboxylic acids is 1. The van der Waals surface area contributed by atoms with E-state index in [1.807, 2.05) is 30.3 Å². The van der Waals surface area contributed by atoms with Crippen molar-refractivity contribution >= 4 is 22.4 Å². The van der Waals surface area contributed by atoms with E-state index >= 15 is 0 Å². The lowest BCUT2D eigenvalue weighted by Gasteiger charge is -2.33. The second-order valence-corrected chi connectivity index (χ2v) is 13.9. The van der Waals surface area contributed by atoms with Crippen LogP contribution in [0.4, 0.5) is 5.69 Å². The molecule has 2 aliphatic rings. The third-order valence-corrected chi connectivity index (χ3v) is 9.93. The Balaban J connectivity index is 1.15. The van der Waals surface area contributed by atoms with E-state index in [2.05, 4.69) is 74.3 Å². The maximum absolute atomic E-state index is 13.1. The molecule has 0 spiro atoms. The molecule has 206 valence electrons. The van der Waals surface area contributed by atoms with E-state index in [4.69, 9.17) is 0 Å². The molecule has 1 amide bonds. The second kappa shape index (κ2) is 11.8. The summed E-state index contributed by atoms with van der Waals surface area (Å²) < 4.78 is 13.1. The van der Waals surface area contributed by atoms with Crippen LogP contribution in [0.25, 0.3) is 0 Å². The minimum Gasteiger partial charge on any atom is -0.326 e. The van der Waals surface area contributed by atoms with Gasteiger partial charge in [-0.25, -0.2) is 4.21 Å². The average Bonchev–Trinajstić information content (AvgIpc) is 2.89. The smallest absolute Gasteiger partial charge is 0.227 e. The van der Waals surface area contributed by atoms with Crippen molar-refractivity contribution in [2.75, 3.05) is 18.4 Å². The van der Waals surface area contributed by atoms with E-state index in [1.54, 1.807) is 0 Å². The molecular weight excluding hydrogens is 500 g/mol. The Morgan fingerprint density at radius 3 is 2.08 bits per heavy atom. The highest BCUT2D eigenvalue weighted by Gasteiger charge is 2.26. The van der Waals surface area contributed by atoms with Crippen molar-refractivity contribution in [1.29, 1.82) is 0 Å². The van der Waals surface area contributed by atoms with Crippen molar-refractivity contribution in [1.82, 2.24) is 4.90 Å². The Morgan fingerprint density at radius 1 is 0.897 bits per heavy atom. The summed E-state index contributed by atoms with van der Waals surface area (Å²) >= 11 is 0. The van der Waals surface area contributed by atoms with Gasteiger partial charge in [-0.05, 0) is 116 Å². The SMILES string of the molecule is Cc1ccc(NC(=O)C2CCC2)cc1C1CCN(Cc2ccc(S(=O)c3ccc(C(C)(C)C)cc3)cc2)CC1. The highest BCUT2D eigenvalue weighted by Crippen LogP contribution is 2.34. The van der Waals surface area contributed by atoms with Crippen molar-refractivity contribution in [3.05, 3.63) is 89.0 Å². The number of nitrogens with zero attached hydrogens (tertiary/aromatic N) is 1. The zero-order valence-electron chi connectivity index (χ0n) is 23.8. The van der Waals surface area contributed by atoms with Gasteiger partial charge in [0.1, 0.15) is 0 Å². The molecule has 4 nitrogen and oxygen atoms in total. The Bertz CT molecular complexity index is 1310. The average molecular weight is 543 g/mol. The summed E-state index contributed by atoms with van der Waals surface area (Å²) in [5.74, 6) is 0.905. The van der Waals surface area contributed by atoms with Crippen LogP contribution in [0.2, 0.25) is 0 Å². The van der Waals surface area contributed by atoms with Gasteiger partial charge in [-0.1, -0.05) is 57.5 Å². The number of benzene rings is 3. The fourth-order valence-electron chi connectivity index (χ4n) is 5.67. The molecule has 1 N–H and O–H groups in total. The quantitative estimate of drug-likeness (QED) is 0.335. The predicted molar refractivity (Wildman–Crippen MR) is 161 cm³/mol. The van der Waals surface area contributed by atoms with Crippen LogP contribution in [-0.2, 0) is 27.6 Å². The molecule has 1 heterocycles. The van der Waals surface area contributed by atoms with Gasteiger partial charge >= 0.3 is 0 Å². The zero-order valence-corrected chi connectivity index (χ0v) is 24.7. The summed E-state index contributed by atoms with van der Waals surface area (Å²) in [7, 11) is -1.17. The van der Waals surface area contributed by atoms with Gasteiger partial charge in [-0.15, -0.1) is 0 Å². The molecule has 3 aromatic carbocycles. The van der Waals surface area contributed by atoms with E-state index in [9.17, 15) is 9.00 Å². The van der Waals surface area contributed by atoms with Crippen molar-refractivity contribution < 1.29 is 9.00 Å². The van der Waals surface area contributed by atoms with Crippen LogP contribution in [0.5, 0.6) is 0 Å². The Morgan fingerprint density at radius 2 is 1.51 bits per heavy atom. The third kappa shape index (κ3) is 6.70. The minimum absolute atomic E-state index is 0.0890. The first-order valence-electron chi connectivity index (χ1n) is 14.4. The van der Waals surface area contributed by atoms with Gasteiger partial charge < -0.3 is 5.32 Å². The Labute approximate surface area is 236 Å². The molecule has 5 rings (SSSR count). The maximum atomic E-state index is 13.1. The fourth-order valence-corrected chi connectivity index (χ4v) is 6.70. The summed E-state index contributed by atoms with van der Waals surface area (Å²) in [6.45, 7) is 11.8. The largest absolute Gasteiger partial charge is 0.326 e. The van der Waals surface area contributed by atoms with Crippen LogP contribution in [0.15, 0.2) is 76.5 Å². The van der Waals surface area contributed by atoms with Crippen LogP contribution in [0.3, 0.4) is 0 Å². The second-order valence-electron chi connectivity index (χ2n) is 12.4. The van der Waals surface area contributed by atoms with Crippen LogP contribution < -0.4 is 5.32 Å². The van der Waals surface area contributed by atoms with Gasteiger partial charge in [0.2, 0.25) is 5.91 Å². The summed E-state index contributed by atoms with van der Waals surface area (Å²) in [6.07, 6.45) is 5.46. The maximum Gasteiger partial charge on any atom is 0.227 e. The standard InChI is InChI=1S/C34H42N2O2S/c1-24-8-13-29(35-33(37)27-6-5-7-27)22-32(24)26-18-20-36(21-19-26)23-25-9-14-30(15-10-25)39(38)31-16-11-28(12-17-31)34(2,3)4/h8-17,22,26-27H,5-7,18-21,23H2,1-4H3,(H,35,37). The van der Waals surface area contributed by atoms with Gasteiger partial charge in [0.15, 0.2) is 0 Å². The highest BCUT2D eigenvalue weighted by molar-refractivity contribution is 7.85. The number of carbonyl (C=O) groups is 1. The lowest BCUT2D eigenvalue weighted by atomic mass is 9.84. The minimum atomic E-state index is -1.17. The zero-order chi connectivity index (χ0) is 27.6. The number of rotatable bonds is 7. The van der Waals surface area contributed by atoms with E-state index in [-0.39, 0.29) is 17.2 Å². The number of amides is 1. The first-order chi connectivity index (χ1) is 18.7. The molecule has 1 aliphatic carbocycles. The molecule has 0 bridgehead atoms. The highest BCUT2D eigenvalue weighted by atomic mass is 32.2. The van der Waals surface area contributed by atoms with Gasteiger partial charge in [0, 0.05) is 27.9 Å². The van der Waals surface area contributed by atoms with E-state index < -0.39 is 10.8 Å². The summed E-state index contributed by atoms with van der Waals surface area (Å²) in [5, 5.41) is 3.15. The van der Waals surface area contributed by atoms with Crippen LogP contribution >= 0.6 is 0 Å². The van der Waals surface area contributed by atoms with E-state index in [0.717, 1.165) is 60.8 Å². The van der Waals surface area contributed by atoms with Crippen LogP contribution in [-0.4, -0.2) is 28.1 Å². The van der Waals surface area contributed by atoms with Crippen molar-refractivity contribution in [2.45, 2.75) is 87.5 Å². The topological polar surface area (TPSA) is 49.4 Å². The van der Waals surface area contributed by atoms with Gasteiger partial charge in [-0.2, -0.15) is 0 Å². The van der Waals surface area contributed by atoms with E-state index in [1.165, 1.54) is 28.7 Å². The third-order valence-electron chi connectivity index (χ3n) is 8.53. The Kier molecular flexibility index (Phi) is 8.39. The molecule has 1 aliphatic heterocycles. The van der Waals surface area contributed by atoms with Gasteiger partial charge in [-0.3, -0.25) is 9.69 Å². The molecule has 3 aromatic rings. The lowest BCUT2D eigenvalue weighted by molar-refractivity contribution is -0.122. The fraction of sp³-hybridized carbons (Fsp3) is 0.441. The molecular formula is C34H42N2O2S. The normalized spacial score (nSPS) is 17.9. The molecule has 1 atom stereocenters. The molecule has 1 saturated heterocycles. The number of aryl methyl sites for hydroxylation is 1. The monoisotopic (exact) mass is 542 g/mol. The molecule has 5 heteroatoms. The predicted octanol–water partition coefficient (Wildman–Crippen LogP) is 7.58. The number of anilines is 1. The first-order valence-corrected chi connectivity index (χ1v) is 15.6. The molecule has 1 saturated carbocycles. The van der Waals surface area contributed by atoms with Crippen molar-refractivity contribution in [3.63, 3.8) is 0 Å². The van der Waals surface area contributed by atoms with Crippen molar-refractivity contribution in [2.24, 2.45) is 5.92 Å². The van der Waals surface area contributed by atoms with Crippen molar-refractivity contribution in [3.8, 4) is 0 Å². The molecule has 1 unspecified atom stereocenters. The molecule has 2 fully saturated rings.